The SMILES string of the molecule is COc1cccc2c1O[C@@]1(C)[C@H](C(=O)Nc3ccc(C)cc3C)[C@@H]2NC(=O)N1c1ccccc1Cl. The first-order chi connectivity index (χ1) is 16.7. The number of rotatable bonds is 4. The quantitative estimate of drug-likeness (QED) is 0.498. The van der Waals surface area contributed by atoms with Crippen LogP contribution in [0.5, 0.6) is 11.5 Å². The van der Waals surface area contributed by atoms with Gasteiger partial charge >= 0.3 is 6.03 Å². The van der Waals surface area contributed by atoms with Crippen molar-refractivity contribution in [1.82, 2.24) is 5.32 Å². The van der Waals surface area contributed by atoms with Crippen LogP contribution in [-0.2, 0) is 4.79 Å². The Hall–Kier alpha value is -3.71. The fourth-order valence-electron chi connectivity index (χ4n) is 5.09. The van der Waals surface area contributed by atoms with Crippen LogP contribution in [0.2, 0.25) is 5.02 Å². The van der Waals surface area contributed by atoms with Crippen LogP contribution >= 0.6 is 11.6 Å². The molecule has 2 bridgehead atoms. The Morgan fingerprint density at radius 2 is 1.91 bits per heavy atom. The molecule has 3 atom stereocenters. The number of halogens is 1. The van der Waals surface area contributed by atoms with E-state index >= 15 is 0 Å². The molecule has 0 aliphatic carbocycles. The fourth-order valence-corrected chi connectivity index (χ4v) is 5.31. The molecule has 7 nitrogen and oxygen atoms in total. The standard InChI is InChI=1S/C27H26ClN3O4/c1-15-12-13-19(16(2)14-15)29-25(32)22-23-17-8-7-11-21(34-4)24(17)35-27(22,3)31(26(33)30-23)20-10-6-5-9-18(20)28/h5-14,22-23H,1-4H3,(H,29,32)(H,30,33)/t22-,23+,27-/m0/s1. The van der Waals surface area contributed by atoms with Gasteiger partial charge in [0.15, 0.2) is 11.5 Å². The van der Waals surface area contributed by atoms with E-state index in [0.717, 1.165) is 11.1 Å². The number of hydrogen-bond donors (Lipinski definition) is 2. The zero-order chi connectivity index (χ0) is 24.9. The van der Waals surface area contributed by atoms with E-state index < -0.39 is 23.7 Å². The van der Waals surface area contributed by atoms with E-state index in [9.17, 15) is 9.59 Å². The predicted octanol–water partition coefficient (Wildman–Crippen LogP) is 5.60. The minimum Gasteiger partial charge on any atom is -0.493 e. The Labute approximate surface area is 209 Å². The Kier molecular flexibility index (Phi) is 5.60. The van der Waals surface area contributed by atoms with Gasteiger partial charge < -0.3 is 20.1 Å². The minimum atomic E-state index is -1.40. The Balaban J connectivity index is 1.66. The lowest BCUT2D eigenvalue weighted by atomic mass is 9.78. The smallest absolute Gasteiger partial charge is 0.325 e. The van der Waals surface area contributed by atoms with Crippen molar-refractivity contribution < 1.29 is 19.1 Å². The topological polar surface area (TPSA) is 79.9 Å². The Morgan fingerprint density at radius 3 is 2.63 bits per heavy atom. The van der Waals surface area contributed by atoms with Crippen LogP contribution in [0.3, 0.4) is 0 Å². The monoisotopic (exact) mass is 491 g/mol. The molecule has 180 valence electrons. The van der Waals surface area contributed by atoms with Gasteiger partial charge in [0.1, 0.15) is 5.92 Å². The van der Waals surface area contributed by atoms with E-state index in [1.165, 1.54) is 4.90 Å². The molecule has 0 saturated carbocycles. The summed E-state index contributed by atoms with van der Waals surface area (Å²) in [5.41, 5.74) is 2.46. The molecule has 3 aromatic rings. The highest BCUT2D eigenvalue weighted by Crippen LogP contribution is 2.53. The maximum atomic E-state index is 13.9. The van der Waals surface area contributed by atoms with Crippen LogP contribution in [0, 0.1) is 19.8 Å². The highest BCUT2D eigenvalue weighted by molar-refractivity contribution is 6.33. The second-order valence-electron chi connectivity index (χ2n) is 9.03. The Morgan fingerprint density at radius 1 is 1.14 bits per heavy atom. The third-order valence-electron chi connectivity index (χ3n) is 6.73. The lowest BCUT2D eigenvalue weighted by Gasteiger charge is -2.54. The maximum Gasteiger partial charge on any atom is 0.325 e. The Bertz CT molecular complexity index is 1340. The molecular weight excluding hydrogens is 466 g/mol. The zero-order valence-corrected chi connectivity index (χ0v) is 20.6. The van der Waals surface area contributed by atoms with Crippen LogP contribution < -0.4 is 25.0 Å². The number of amides is 3. The summed E-state index contributed by atoms with van der Waals surface area (Å²) in [4.78, 5) is 28.8. The number of anilines is 2. The van der Waals surface area contributed by atoms with Crippen molar-refractivity contribution >= 4 is 34.9 Å². The van der Waals surface area contributed by atoms with Gasteiger partial charge in [-0.1, -0.05) is 53.6 Å². The van der Waals surface area contributed by atoms with Gasteiger partial charge in [-0.05, 0) is 50.6 Å². The summed E-state index contributed by atoms with van der Waals surface area (Å²) in [5.74, 6) is -0.0934. The van der Waals surface area contributed by atoms with Crippen molar-refractivity contribution in [3.05, 3.63) is 82.4 Å². The van der Waals surface area contributed by atoms with Crippen molar-refractivity contribution in [2.75, 3.05) is 17.3 Å². The van der Waals surface area contributed by atoms with Gasteiger partial charge in [0, 0.05) is 11.3 Å². The van der Waals surface area contributed by atoms with Crippen molar-refractivity contribution in [2.45, 2.75) is 32.5 Å². The van der Waals surface area contributed by atoms with Crippen molar-refractivity contribution in [3.63, 3.8) is 0 Å². The number of carbonyl (C=O) groups excluding carboxylic acids is 2. The van der Waals surface area contributed by atoms with Gasteiger partial charge in [-0.25, -0.2) is 4.79 Å². The molecule has 2 aliphatic rings. The molecule has 35 heavy (non-hydrogen) atoms. The number of para-hydroxylation sites is 2. The lowest BCUT2D eigenvalue weighted by molar-refractivity contribution is -0.131. The summed E-state index contributed by atoms with van der Waals surface area (Å²) < 4.78 is 12.1. The number of urea groups is 1. The summed E-state index contributed by atoms with van der Waals surface area (Å²) in [5, 5.41) is 6.46. The molecule has 2 heterocycles. The molecule has 2 aliphatic heterocycles. The molecule has 1 saturated heterocycles. The van der Waals surface area contributed by atoms with E-state index in [0.29, 0.717) is 33.5 Å². The normalized spacial score (nSPS) is 22.5. The predicted molar refractivity (Wildman–Crippen MR) is 135 cm³/mol. The van der Waals surface area contributed by atoms with Crippen LogP contribution in [0.1, 0.15) is 29.7 Å². The van der Waals surface area contributed by atoms with E-state index in [1.54, 1.807) is 44.4 Å². The number of benzene rings is 3. The number of fused-ring (bicyclic) bond motifs is 4. The van der Waals surface area contributed by atoms with Gasteiger partial charge in [-0.3, -0.25) is 9.69 Å². The van der Waals surface area contributed by atoms with Gasteiger partial charge in [-0.2, -0.15) is 0 Å². The fraction of sp³-hybridized carbons (Fsp3) is 0.259. The zero-order valence-electron chi connectivity index (χ0n) is 19.9. The first kappa shape index (κ1) is 23.1. The third-order valence-corrected chi connectivity index (χ3v) is 7.04. The number of methoxy groups -OCH3 is 1. The number of hydrogen-bond acceptors (Lipinski definition) is 4. The summed E-state index contributed by atoms with van der Waals surface area (Å²) in [6, 6.07) is 17.2. The second kappa shape index (κ2) is 8.50. The average Bonchev–Trinajstić information content (AvgIpc) is 2.81. The summed E-state index contributed by atoms with van der Waals surface area (Å²) in [6.07, 6.45) is 0. The summed E-state index contributed by atoms with van der Waals surface area (Å²) >= 11 is 6.51. The second-order valence-corrected chi connectivity index (χ2v) is 9.44. The summed E-state index contributed by atoms with van der Waals surface area (Å²) in [6.45, 7) is 5.69. The molecule has 3 amide bonds. The lowest BCUT2D eigenvalue weighted by Crippen LogP contribution is -2.72. The average molecular weight is 492 g/mol. The molecule has 0 radical (unpaired) electrons. The molecule has 1 fully saturated rings. The molecule has 0 unspecified atom stereocenters. The molecule has 0 spiro atoms. The third kappa shape index (κ3) is 3.67. The van der Waals surface area contributed by atoms with Crippen LogP contribution in [0.4, 0.5) is 16.2 Å². The number of aryl methyl sites for hydroxylation is 2. The van der Waals surface area contributed by atoms with E-state index in [1.807, 2.05) is 44.2 Å². The van der Waals surface area contributed by atoms with E-state index in [2.05, 4.69) is 10.6 Å². The maximum absolute atomic E-state index is 13.9. The summed E-state index contributed by atoms with van der Waals surface area (Å²) in [7, 11) is 1.56. The van der Waals surface area contributed by atoms with Crippen molar-refractivity contribution in [1.29, 1.82) is 0 Å². The highest BCUT2D eigenvalue weighted by Gasteiger charge is 2.61. The van der Waals surface area contributed by atoms with E-state index in [-0.39, 0.29) is 5.91 Å². The molecule has 3 aromatic carbocycles. The number of nitrogens with one attached hydrogen (secondary N) is 2. The molecule has 8 heteroatoms. The van der Waals surface area contributed by atoms with Crippen molar-refractivity contribution in [2.24, 2.45) is 5.92 Å². The van der Waals surface area contributed by atoms with Gasteiger partial charge in [-0.15, -0.1) is 0 Å². The molecule has 2 N–H and O–H groups in total. The van der Waals surface area contributed by atoms with Crippen LogP contribution in [0.25, 0.3) is 0 Å². The van der Waals surface area contributed by atoms with Gasteiger partial charge in [0.05, 0.1) is 23.9 Å². The minimum absolute atomic E-state index is 0.282. The largest absolute Gasteiger partial charge is 0.493 e. The number of ether oxygens (including phenoxy) is 2. The van der Waals surface area contributed by atoms with Crippen LogP contribution in [-0.4, -0.2) is 24.8 Å². The number of carbonyl (C=O) groups is 2. The van der Waals surface area contributed by atoms with Crippen LogP contribution in [0.15, 0.2) is 60.7 Å². The van der Waals surface area contributed by atoms with Gasteiger partial charge in [0.2, 0.25) is 11.6 Å². The molecule has 0 aromatic heterocycles. The first-order valence-corrected chi connectivity index (χ1v) is 11.7. The molecule has 5 rings (SSSR count). The first-order valence-electron chi connectivity index (χ1n) is 11.3. The number of nitrogens with zero attached hydrogens (tertiary/aromatic N) is 1. The van der Waals surface area contributed by atoms with Crippen molar-refractivity contribution in [3.8, 4) is 11.5 Å². The van der Waals surface area contributed by atoms with Gasteiger partial charge in [0.25, 0.3) is 0 Å². The molecular formula is C27H26ClN3O4. The highest BCUT2D eigenvalue weighted by atomic mass is 35.5. The van der Waals surface area contributed by atoms with E-state index in [4.69, 9.17) is 21.1 Å².